The fraction of sp³-hybridized carbons (Fsp3) is 0.538. The minimum atomic E-state index is -4.28. The average molecular weight is 907 g/mol. The molecule has 4 aromatic carbocycles. The molecule has 3 fully saturated rings. The van der Waals surface area contributed by atoms with Gasteiger partial charge in [0.25, 0.3) is 0 Å². The van der Waals surface area contributed by atoms with Crippen molar-refractivity contribution in [1.82, 2.24) is 0 Å². The van der Waals surface area contributed by atoms with Gasteiger partial charge in [0, 0.05) is 12.1 Å². The molecule has 0 aromatic heterocycles. The predicted molar refractivity (Wildman–Crippen MR) is 229 cm³/mol. The summed E-state index contributed by atoms with van der Waals surface area (Å²) >= 11 is 0. The Kier molecular flexibility index (Phi) is 15.8. The topological polar surface area (TPSA) is 18.5 Å². The molecular formula is C52H60F10O2. The van der Waals surface area contributed by atoms with Crippen molar-refractivity contribution in [2.75, 3.05) is 0 Å². The Bertz CT molecular complexity index is 2140. The summed E-state index contributed by atoms with van der Waals surface area (Å²) < 4.78 is 154. The van der Waals surface area contributed by atoms with Gasteiger partial charge in [-0.15, -0.1) is 0 Å². The van der Waals surface area contributed by atoms with E-state index in [1.165, 1.54) is 58.6 Å². The van der Waals surface area contributed by atoms with E-state index in [1.54, 1.807) is 6.92 Å². The highest BCUT2D eigenvalue weighted by atomic mass is 19.3. The van der Waals surface area contributed by atoms with Gasteiger partial charge in [0.2, 0.25) is 0 Å². The van der Waals surface area contributed by atoms with Crippen molar-refractivity contribution in [2.45, 2.75) is 144 Å². The summed E-state index contributed by atoms with van der Waals surface area (Å²) in [6, 6.07) is 7.90. The van der Waals surface area contributed by atoms with Crippen LogP contribution in [0.15, 0.2) is 48.5 Å². The molecule has 0 atom stereocenters. The monoisotopic (exact) mass is 906 g/mol. The molecule has 3 aliphatic rings. The molecule has 4 aromatic rings. The predicted octanol–water partition coefficient (Wildman–Crippen LogP) is 16.2. The van der Waals surface area contributed by atoms with Gasteiger partial charge in [0.05, 0.1) is 0 Å². The highest BCUT2D eigenvalue weighted by Gasteiger charge is 2.43. The maximum absolute atomic E-state index is 14.7. The lowest BCUT2D eigenvalue weighted by molar-refractivity contribution is -0.190. The first-order valence-corrected chi connectivity index (χ1v) is 22.7. The van der Waals surface area contributed by atoms with Crippen LogP contribution in [0.3, 0.4) is 0 Å². The third-order valence-corrected chi connectivity index (χ3v) is 14.2. The maximum Gasteiger partial charge on any atom is 0.432 e. The molecule has 0 aliphatic heterocycles. The summed E-state index contributed by atoms with van der Waals surface area (Å²) in [4.78, 5) is 0. The summed E-state index contributed by atoms with van der Waals surface area (Å²) in [5.74, 6) is -4.24. The first kappa shape index (κ1) is 49.2. The van der Waals surface area contributed by atoms with Gasteiger partial charge in [0.15, 0.2) is 0 Å². The average Bonchev–Trinajstić information content (AvgIpc) is 3.19. The van der Waals surface area contributed by atoms with Gasteiger partial charge >= 0.3 is 12.2 Å². The van der Waals surface area contributed by atoms with E-state index in [4.69, 9.17) is 0 Å². The van der Waals surface area contributed by atoms with Crippen molar-refractivity contribution in [3.05, 3.63) is 128 Å². The van der Waals surface area contributed by atoms with E-state index >= 15 is 0 Å². The van der Waals surface area contributed by atoms with Gasteiger partial charge < -0.3 is 9.47 Å². The Labute approximate surface area is 371 Å². The fourth-order valence-electron chi connectivity index (χ4n) is 9.95. The highest BCUT2D eigenvalue weighted by Crippen LogP contribution is 2.43. The van der Waals surface area contributed by atoms with Crippen LogP contribution < -0.4 is 9.47 Å². The second-order valence-corrected chi connectivity index (χ2v) is 19.1. The van der Waals surface area contributed by atoms with Gasteiger partial charge in [-0.1, -0.05) is 39.5 Å². The van der Waals surface area contributed by atoms with E-state index in [0.717, 1.165) is 106 Å². The molecule has 0 spiro atoms. The lowest BCUT2D eigenvalue weighted by Crippen LogP contribution is -2.26. The van der Waals surface area contributed by atoms with Gasteiger partial charge in [-0.2, -0.15) is 17.6 Å². The normalized spacial score (nSPS) is 23.0. The van der Waals surface area contributed by atoms with Crippen LogP contribution in [0.2, 0.25) is 0 Å². The van der Waals surface area contributed by atoms with Crippen LogP contribution in [0.5, 0.6) is 11.5 Å². The van der Waals surface area contributed by atoms with Crippen LogP contribution in [0, 0.1) is 98.1 Å². The molecule has 0 bridgehead atoms. The van der Waals surface area contributed by atoms with E-state index < -0.39 is 69.7 Å². The van der Waals surface area contributed by atoms with Crippen LogP contribution in [-0.4, -0.2) is 0 Å². The molecule has 7 rings (SSSR count). The zero-order valence-electron chi connectivity index (χ0n) is 37.6. The summed E-state index contributed by atoms with van der Waals surface area (Å²) in [5.41, 5.74) is -0.784. The zero-order valence-corrected chi connectivity index (χ0v) is 37.6. The second kappa shape index (κ2) is 20.5. The zero-order chi connectivity index (χ0) is 46.7. The molecule has 3 saturated carbocycles. The Morgan fingerprint density at radius 2 is 0.719 bits per heavy atom. The molecule has 0 unspecified atom stereocenters. The number of ether oxygens (including phenoxy) is 2. The minimum Gasteiger partial charge on any atom is -0.429 e. The summed E-state index contributed by atoms with van der Waals surface area (Å²) in [5, 5.41) is 0. The number of aryl methyl sites for hydroxylation is 2. The Balaban J connectivity index is 0.000000216. The number of benzene rings is 4. The van der Waals surface area contributed by atoms with Crippen LogP contribution >= 0.6 is 0 Å². The highest BCUT2D eigenvalue weighted by molar-refractivity contribution is 5.38. The number of hydrogen-bond donors (Lipinski definition) is 0. The van der Waals surface area contributed by atoms with E-state index in [9.17, 15) is 43.9 Å². The smallest absolute Gasteiger partial charge is 0.429 e. The molecule has 0 heterocycles. The first-order valence-electron chi connectivity index (χ1n) is 22.7. The molecule has 350 valence electrons. The molecule has 0 N–H and O–H groups in total. The van der Waals surface area contributed by atoms with Crippen molar-refractivity contribution in [3.8, 4) is 11.5 Å². The number of hydrogen-bond acceptors (Lipinski definition) is 2. The van der Waals surface area contributed by atoms with Gasteiger partial charge in [0.1, 0.15) is 57.5 Å². The minimum absolute atomic E-state index is 0.291. The second-order valence-electron chi connectivity index (χ2n) is 19.1. The summed E-state index contributed by atoms with van der Waals surface area (Å²) in [6.45, 7) is 10.6. The summed E-state index contributed by atoms with van der Waals surface area (Å²) in [6.07, 6.45) is 5.90. The SMILES string of the molecule is Cc1cc(OC(F)(F)c2c(F)cc(CC3CCC(C)CC3)cc2F)cc(F)c1C.Cc1cc(OC(F)(F)c2c(F)cc(CC3CCC(C4CCC(C)CC4)CC3)cc2F)cc(F)c1C. The van der Waals surface area contributed by atoms with Crippen molar-refractivity contribution >= 4 is 0 Å². The molecule has 0 saturated heterocycles. The molecule has 0 amide bonds. The Morgan fingerprint density at radius 3 is 1.05 bits per heavy atom. The van der Waals surface area contributed by atoms with Gasteiger partial charge in [-0.25, -0.2) is 26.3 Å². The largest absolute Gasteiger partial charge is 0.432 e. The van der Waals surface area contributed by atoms with Crippen LogP contribution in [-0.2, 0) is 25.1 Å². The lowest BCUT2D eigenvalue weighted by atomic mass is 9.69. The van der Waals surface area contributed by atoms with Crippen LogP contribution in [0.4, 0.5) is 43.9 Å². The van der Waals surface area contributed by atoms with Crippen molar-refractivity contribution in [3.63, 3.8) is 0 Å². The van der Waals surface area contributed by atoms with E-state index in [0.29, 0.717) is 64.0 Å². The standard InChI is InChI=1S/C29H35F5O.C23H25F5O/c1-17-4-8-22(9-5-17)23-10-6-20(7-11-23)13-21-14-26(31)28(27(32)15-21)29(33,34)35-24-12-18(2)19(3)25(30)16-24;1-13-4-6-16(7-5-13)9-17-10-20(25)22(21(26)11-17)23(27,28)29-18-8-14(2)15(3)19(24)12-18/h12,14-17,20,22-23H,4-11,13H2,1-3H3;8,10-13,16H,4-7,9H2,1-3H3. The number of alkyl halides is 4. The fourth-order valence-corrected chi connectivity index (χ4v) is 9.95. The first-order chi connectivity index (χ1) is 30.1. The molecular weight excluding hydrogens is 847 g/mol. The van der Waals surface area contributed by atoms with Crippen LogP contribution in [0.25, 0.3) is 0 Å². The molecule has 64 heavy (non-hydrogen) atoms. The Hall–Kier alpha value is -4.22. The third kappa shape index (κ3) is 12.2. The number of rotatable bonds is 11. The lowest BCUT2D eigenvalue weighted by Gasteiger charge is -2.37. The van der Waals surface area contributed by atoms with E-state index in [2.05, 4.69) is 23.3 Å². The van der Waals surface area contributed by atoms with Crippen molar-refractivity contribution in [2.24, 2.45) is 35.5 Å². The van der Waals surface area contributed by atoms with E-state index in [1.807, 2.05) is 0 Å². The third-order valence-electron chi connectivity index (χ3n) is 14.2. The number of halogens is 10. The van der Waals surface area contributed by atoms with Crippen molar-refractivity contribution in [1.29, 1.82) is 0 Å². The molecule has 2 nitrogen and oxygen atoms in total. The van der Waals surface area contributed by atoms with Crippen LogP contribution in [0.1, 0.15) is 135 Å². The molecule has 0 radical (unpaired) electrons. The summed E-state index contributed by atoms with van der Waals surface area (Å²) in [7, 11) is 0. The maximum atomic E-state index is 14.7. The quantitative estimate of drug-likeness (QED) is 0.140. The van der Waals surface area contributed by atoms with Crippen molar-refractivity contribution < 1.29 is 53.4 Å². The van der Waals surface area contributed by atoms with Gasteiger partial charge in [-0.05, 0) is 197 Å². The molecule has 3 aliphatic carbocycles. The van der Waals surface area contributed by atoms with E-state index in [-0.39, 0.29) is 0 Å². The Morgan fingerprint density at radius 1 is 0.422 bits per heavy atom. The molecule has 12 heteroatoms. The van der Waals surface area contributed by atoms with Gasteiger partial charge in [-0.3, -0.25) is 0 Å².